The standard InChI is InChI=1S/C19H27N3O3/c1-14(24)22-10-4-2-3-5-18(22)15-8-11-21(12-9-15)19(25)17-7-6-16(13-23)20-17/h6-7,13,15,18,20H,2-5,8-12H2,1H3. The van der Waals surface area contributed by atoms with Gasteiger partial charge < -0.3 is 14.8 Å². The molecule has 0 aromatic carbocycles. The van der Waals surface area contributed by atoms with Crippen molar-refractivity contribution in [1.82, 2.24) is 14.8 Å². The van der Waals surface area contributed by atoms with E-state index in [4.69, 9.17) is 0 Å². The summed E-state index contributed by atoms with van der Waals surface area (Å²) in [5, 5.41) is 0. The molecule has 0 aliphatic carbocycles. The third kappa shape index (κ3) is 3.94. The lowest BCUT2D eigenvalue weighted by molar-refractivity contribution is -0.132. The van der Waals surface area contributed by atoms with Gasteiger partial charge >= 0.3 is 0 Å². The van der Waals surface area contributed by atoms with Gasteiger partial charge in [0.05, 0.1) is 5.69 Å². The summed E-state index contributed by atoms with van der Waals surface area (Å²) in [7, 11) is 0. The van der Waals surface area contributed by atoms with E-state index < -0.39 is 0 Å². The molecule has 2 aliphatic heterocycles. The Kier molecular flexibility index (Phi) is 5.56. The van der Waals surface area contributed by atoms with E-state index >= 15 is 0 Å². The molecular formula is C19H27N3O3. The Labute approximate surface area is 148 Å². The number of nitrogens with one attached hydrogen (secondary N) is 1. The monoisotopic (exact) mass is 345 g/mol. The second-order valence-corrected chi connectivity index (χ2v) is 7.20. The second-order valence-electron chi connectivity index (χ2n) is 7.20. The number of aromatic nitrogens is 1. The zero-order valence-corrected chi connectivity index (χ0v) is 14.9. The Morgan fingerprint density at radius 2 is 1.84 bits per heavy atom. The summed E-state index contributed by atoms with van der Waals surface area (Å²) in [5.74, 6) is 0.606. The Hall–Kier alpha value is -2.11. The van der Waals surface area contributed by atoms with E-state index in [1.807, 2.05) is 4.90 Å². The molecule has 3 rings (SSSR count). The van der Waals surface area contributed by atoms with Crippen molar-refractivity contribution in [2.45, 2.75) is 51.5 Å². The van der Waals surface area contributed by atoms with Crippen LogP contribution in [-0.2, 0) is 4.79 Å². The van der Waals surface area contributed by atoms with Crippen molar-refractivity contribution in [2.24, 2.45) is 5.92 Å². The van der Waals surface area contributed by atoms with Gasteiger partial charge in [0.15, 0.2) is 6.29 Å². The largest absolute Gasteiger partial charge is 0.348 e. The predicted molar refractivity (Wildman–Crippen MR) is 94.5 cm³/mol. The average Bonchev–Trinajstić information content (AvgIpc) is 2.97. The van der Waals surface area contributed by atoms with E-state index in [0.29, 0.717) is 42.7 Å². The molecule has 2 amide bonds. The van der Waals surface area contributed by atoms with Gasteiger partial charge in [-0.15, -0.1) is 0 Å². The number of hydrogen-bond acceptors (Lipinski definition) is 3. The highest BCUT2D eigenvalue weighted by atomic mass is 16.2. The topological polar surface area (TPSA) is 73.5 Å². The molecule has 136 valence electrons. The number of aldehydes is 1. The molecule has 0 saturated carbocycles. The lowest BCUT2D eigenvalue weighted by atomic mass is 9.86. The van der Waals surface area contributed by atoms with E-state index in [0.717, 1.165) is 32.2 Å². The van der Waals surface area contributed by atoms with Crippen molar-refractivity contribution in [3.05, 3.63) is 23.5 Å². The molecule has 1 unspecified atom stereocenters. The summed E-state index contributed by atoms with van der Waals surface area (Å²) in [5.41, 5.74) is 0.897. The number of rotatable bonds is 3. The average molecular weight is 345 g/mol. The molecule has 25 heavy (non-hydrogen) atoms. The summed E-state index contributed by atoms with van der Waals surface area (Å²) < 4.78 is 0. The van der Waals surface area contributed by atoms with Gasteiger partial charge in [0.25, 0.3) is 5.91 Å². The first-order chi connectivity index (χ1) is 12.1. The van der Waals surface area contributed by atoms with Crippen LogP contribution < -0.4 is 0 Å². The van der Waals surface area contributed by atoms with Crippen LogP contribution >= 0.6 is 0 Å². The van der Waals surface area contributed by atoms with E-state index in [1.165, 1.54) is 12.8 Å². The fourth-order valence-electron chi connectivity index (χ4n) is 4.28. The third-order valence-corrected chi connectivity index (χ3v) is 5.64. The van der Waals surface area contributed by atoms with Crippen molar-refractivity contribution in [3.63, 3.8) is 0 Å². The molecule has 0 spiro atoms. The van der Waals surface area contributed by atoms with Gasteiger partial charge in [-0.05, 0) is 43.7 Å². The van der Waals surface area contributed by atoms with Gasteiger partial charge in [-0.2, -0.15) is 0 Å². The minimum Gasteiger partial charge on any atom is -0.348 e. The summed E-state index contributed by atoms with van der Waals surface area (Å²) in [6, 6.07) is 3.62. The number of aromatic amines is 1. The highest BCUT2D eigenvalue weighted by Crippen LogP contribution is 2.30. The van der Waals surface area contributed by atoms with Gasteiger partial charge in [-0.1, -0.05) is 12.8 Å². The normalized spacial score (nSPS) is 22.5. The lowest BCUT2D eigenvalue weighted by Gasteiger charge is -2.40. The summed E-state index contributed by atoms with van der Waals surface area (Å²) in [6.07, 6.45) is 7.14. The van der Waals surface area contributed by atoms with Crippen LogP contribution in [0.15, 0.2) is 12.1 Å². The fourth-order valence-corrected chi connectivity index (χ4v) is 4.28. The Morgan fingerprint density at radius 1 is 1.08 bits per heavy atom. The summed E-state index contributed by atoms with van der Waals surface area (Å²) >= 11 is 0. The maximum atomic E-state index is 12.6. The molecule has 1 N–H and O–H groups in total. The minimum absolute atomic E-state index is 0.0455. The van der Waals surface area contributed by atoms with Crippen LogP contribution in [0.4, 0.5) is 0 Å². The van der Waals surface area contributed by atoms with Gasteiger partial charge in [0.2, 0.25) is 5.91 Å². The van der Waals surface area contributed by atoms with Crippen molar-refractivity contribution >= 4 is 18.1 Å². The number of hydrogen-bond donors (Lipinski definition) is 1. The summed E-state index contributed by atoms with van der Waals surface area (Å²) in [4.78, 5) is 42.1. The molecule has 1 aromatic rings. The highest BCUT2D eigenvalue weighted by molar-refractivity contribution is 5.93. The number of carbonyl (C=O) groups is 3. The van der Waals surface area contributed by atoms with Crippen molar-refractivity contribution in [2.75, 3.05) is 19.6 Å². The molecule has 3 heterocycles. The fraction of sp³-hybridized carbons (Fsp3) is 0.632. The number of carbonyl (C=O) groups excluding carboxylic acids is 3. The van der Waals surface area contributed by atoms with Crippen molar-refractivity contribution < 1.29 is 14.4 Å². The molecular weight excluding hydrogens is 318 g/mol. The minimum atomic E-state index is -0.0455. The molecule has 0 bridgehead atoms. The van der Waals surface area contributed by atoms with Crippen LogP contribution in [0.1, 0.15) is 66.4 Å². The zero-order valence-electron chi connectivity index (χ0n) is 14.9. The van der Waals surface area contributed by atoms with Crippen LogP contribution in [0.3, 0.4) is 0 Å². The van der Waals surface area contributed by atoms with Crippen molar-refractivity contribution in [1.29, 1.82) is 0 Å². The molecule has 1 aromatic heterocycles. The first-order valence-electron chi connectivity index (χ1n) is 9.31. The smallest absolute Gasteiger partial charge is 0.270 e. The second kappa shape index (κ2) is 7.85. The van der Waals surface area contributed by atoms with Crippen LogP contribution in [0.25, 0.3) is 0 Å². The Bertz CT molecular complexity index is 632. The lowest BCUT2D eigenvalue weighted by Crippen LogP contribution is -2.48. The van der Waals surface area contributed by atoms with E-state index in [2.05, 4.69) is 9.88 Å². The number of amides is 2. The third-order valence-electron chi connectivity index (χ3n) is 5.64. The number of piperidine rings is 1. The molecule has 2 saturated heterocycles. The molecule has 6 heteroatoms. The first-order valence-corrected chi connectivity index (χ1v) is 9.31. The van der Waals surface area contributed by atoms with Crippen LogP contribution in [0.2, 0.25) is 0 Å². The predicted octanol–water partition coefficient (Wildman–Crippen LogP) is 2.47. The Morgan fingerprint density at radius 3 is 2.48 bits per heavy atom. The molecule has 1 atom stereocenters. The quantitative estimate of drug-likeness (QED) is 0.855. The maximum Gasteiger partial charge on any atom is 0.270 e. The molecule has 0 radical (unpaired) electrons. The molecule has 2 aliphatic rings. The van der Waals surface area contributed by atoms with E-state index in [9.17, 15) is 14.4 Å². The van der Waals surface area contributed by atoms with Gasteiger partial charge in [-0.25, -0.2) is 0 Å². The maximum absolute atomic E-state index is 12.6. The Balaban J connectivity index is 1.61. The molecule has 6 nitrogen and oxygen atoms in total. The van der Waals surface area contributed by atoms with E-state index in [1.54, 1.807) is 19.1 Å². The number of nitrogens with zero attached hydrogens (tertiary/aromatic N) is 2. The number of likely N-dealkylation sites (tertiary alicyclic amines) is 2. The first kappa shape index (κ1) is 17.7. The summed E-state index contributed by atoms with van der Waals surface area (Å²) in [6.45, 7) is 3.96. The van der Waals surface area contributed by atoms with Crippen molar-refractivity contribution in [3.8, 4) is 0 Å². The highest BCUT2D eigenvalue weighted by Gasteiger charge is 2.34. The number of H-pyrrole nitrogens is 1. The van der Waals surface area contributed by atoms with Crippen LogP contribution in [0, 0.1) is 5.92 Å². The van der Waals surface area contributed by atoms with E-state index in [-0.39, 0.29) is 11.8 Å². The zero-order chi connectivity index (χ0) is 17.8. The van der Waals surface area contributed by atoms with Crippen LogP contribution in [-0.4, -0.2) is 58.6 Å². The van der Waals surface area contributed by atoms with Gasteiger partial charge in [-0.3, -0.25) is 14.4 Å². The molecule has 2 fully saturated rings. The van der Waals surface area contributed by atoms with Gasteiger partial charge in [0.1, 0.15) is 5.69 Å². The van der Waals surface area contributed by atoms with Gasteiger partial charge in [0, 0.05) is 32.6 Å². The SMILES string of the molecule is CC(=O)N1CCCCCC1C1CCN(C(=O)c2ccc(C=O)[nH]2)CC1. The van der Waals surface area contributed by atoms with Crippen LogP contribution in [0.5, 0.6) is 0 Å².